The van der Waals surface area contributed by atoms with Crippen molar-refractivity contribution < 1.29 is 17.6 Å². The van der Waals surface area contributed by atoms with Crippen LogP contribution in [-0.4, -0.2) is 49.7 Å². The summed E-state index contributed by atoms with van der Waals surface area (Å²) in [5.41, 5.74) is 1.53. The lowest BCUT2D eigenvalue weighted by Gasteiger charge is -2.22. The minimum Gasteiger partial charge on any atom is -0.337 e. The van der Waals surface area contributed by atoms with Crippen LogP contribution >= 0.6 is 0 Å². The maximum atomic E-state index is 13.1. The molecule has 0 N–H and O–H groups in total. The maximum Gasteiger partial charge on any atom is 0.253 e. The third-order valence-electron chi connectivity index (χ3n) is 5.53. The molecule has 156 valence electrons. The average molecular weight is 419 g/mol. The van der Waals surface area contributed by atoms with Crippen LogP contribution in [0, 0.1) is 5.82 Å². The minimum absolute atomic E-state index is 0.206. The van der Waals surface area contributed by atoms with Crippen LogP contribution in [0.3, 0.4) is 0 Å². The number of hydrogen-bond donors (Lipinski definition) is 0. The summed E-state index contributed by atoms with van der Waals surface area (Å²) in [5, 5.41) is 0. The zero-order valence-corrected chi connectivity index (χ0v) is 17.7. The number of carbonyl (C=O) groups is 1. The van der Waals surface area contributed by atoms with Crippen molar-refractivity contribution >= 4 is 15.9 Å². The summed E-state index contributed by atoms with van der Waals surface area (Å²) < 4.78 is 40.7. The van der Waals surface area contributed by atoms with E-state index >= 15 is 0 Å². The molecule has 1 saturated heterocycles. The fourth-order valence-corrected chi connectivity index (χ4v) is 4.93. The number of amides is 1. The topological polar surface area (TPSA) is 57.7 Å². The van der Waals surface area contributed by atoms with Crippen molar-refractivity contribution in [2.45, 2.75) is 37.5 Å². The van der Waals surface area contributed by atoms with Crippen LogP contribution in [0.2, 0.25) is 0 Å². The Morgan fingerprint density at radius 1 is 1.00 bits per heavy atom. The Morgan fingerprint density at radius 2 is 1.66 bits per heavy atom. The molecule has 2 aromatic rings. The summed E-state index contributed by atoms with van der Waals surface area (Å²) in [6, 6.07) is 12.5. The molecule has 1 atom stereocenters. The van der Waals surface area contributed by atoms with E-state index in [0.717, 1.165) is 12.0 Å². The summed E-state index contributed by atoms with van der Waals surface area (Å²) >= 11 is 0. The fraction of sp³-hybridized carbons (Fsp3) is 0.409. The van der Waals surface area contributed by atoms with Gasteiger partial charge in [0, 0.05) is 31.7 Å². The molecule has 0 bridgehead atoms. The SMILES string of the molecule is CCC(C)c1ccc(S(=O)(=O)N2CCCN(C(=O)c3ccc(F)cc3)CC2)cc1. The standard InChI is InChI=1S/C22H27FN2O3S/c1-3-17(2)18-7-11-21(12-8-18)29(27,28)25-14-4-13-24(15-16-25)22(26)19-5-9-20(23)10-6-19/h5-12,17H,3-4,13-16H2,1-2H3. The second kappa shape index (κ2) is 9.05. The van der Waals surface area contributed by atoms with E-state index in [0.29, 0.717) is 37.5 Å². The molecule has 1 aliphatic rings. The Balaban J connectivity index is 1.70. The zero-order valence-electron chi connectivity index (χ0n) is 16.8. The number of benzene rings is 2. The third-order valence-corrected chi connectivity index (χ3v) is 7.45. The summed E-state index contributed by atoms with van der Waals surface area (Å²) in [7, 11) is -3.61. The molecule has 3 rings (SSSR count). The molecule has 2 aromatic carbocycles. The average Bonchev–Trinajstić information content (AvgIpc) is 3.00. The van der Waals surface area contributed by atoms with Crippen molar-refractivity contribution in [1.82, 2.24) is 9.21 Å². The lowest BCUT2D eigenvalue weighted by Crippen LogP contribution is -2.37. The number of halogens is 1. The molecular weight excluding hydrogens is 391 g/mol. The molecule has 1 amide bonds. The van der Waals surface area contributed by atoms with Crippen molar-refractivity contribution in [2.75, 3.05) is 26.2 Å². The van der Waals surface area contributed by atoms with Gasteiger partial charge in [-0.15, -0.1) is 0 Å². The molecule has 29 heavy (non-hydrogen) atoms. The van der Waals surface area contributed by atoms with Crippen molar-refractivity contribution in [3.63, 3.8) is 0 Å². The largest absolute Gasteiger partial charge is 0.337 e. The van der Waals surface area contributed by atoms with Gasteiger partial charge in [-0.3, -0.25) is 4.79 Å². The van der Waals surface area contributed by atoms with Crippen LogP contribution < -0.4 is 0 Å². The van der Waals surface area contributed by atoms with Crippen molar-refractivity contribution in [1.29, 1.82) is 0 Å². The molecular formula is C22H27FN2O3S. The van der Waals surface area contributed by atoms with E-state index in [1.807, 2.05) is 12.1 Å². The first-order valence-electron chi connectivity index (χ1n) is 9.98. The molecule has 1 heterocycles. The Kier molecular flexibility index (Phi) is 6.70. The highest BCUT2D eigenvalue weighted by molar-refractivity contribution is 7.89. The van der Waals surface area contributed by atoms with Gasteiger partial charge in [-0.1, -0.05) is 26.0 Å². The Hall–Kier alpha value is -2.25. The first kappa shape index (κ1) is 21.5. The molecule has 0 aromatic heterocycles. The predicted molar refractivity (Wildman–Crippen MR) is 111 cm³/mol. The van der Waals surface area contributed by atoms with Crippen LogP contribution in [0.15, 0.2) is 53.4 Å². The number of carbonyl (C=O) groups excluding carboxylic acids is 1. The normalized spacial score (nSPS) is 17.0. The number of hydrogen-bond acceptors (Lipinski definition) is 3. The first-order valence-corrected chi connectivity index (χ1v) is 11.4. The molecule has 7 heteroatoms. The molecule has 0 aliphatic carbocycles. The second-order valence-corrected chi connectivity index (χ2v) is 9.37. The van der Waals surface area contributed by atoms with Gasteiger partial charge in [-0.25, -0.2) is 12.8 Å². The zero-order chi connectivity index (χ0) is 21.0. The van der Waals surface area contributed by atoms with Gasteiger partial charge < -0.3 is 4.90 Å². The first-order chi connectivity index (χ1) is 13.8. The van der Waals surface area contributed by atoms with Crippen molar-refractivity contribution in [3.8, 4) is 0 Å². The van der Waals surface area contributed by atoms with E-state index in [1.165, 1.54) is 28.6 Å². The molecule has 1 aliphatic heterocycles. The smallest absolute Gasteiger partial charge is 0.253 e. The molecule has 0 saturated carbocycles. The number of rotatable bonds is 5. The van der Waals surface area contributed by atoms with Gasteiger partial charge in [0.1, 0.15) is 5.82 Å². The summed E-state index contributed by atoms with van der Waals surface area (Å²) in [6.07, 6.45) is 1.55. The lowest BCUT2D eigenvalue weighted by atomic mass is 9.99. The Morgan fingerprint density at radius 3 is 2.28 bits per heavy atom. The van der Waals surface area contributed by atoms with E-state index < -0.39 is 15.8 Å². The highest BCUT2D eigenvalue weighted by Gasteiger charge is 2.28. The quantitative estimate of drug-likeness (QED) is 0.741. The number of sulfonamides is 1. The fourth-order valence-electron chi connectivity index (χ4n) is 3.47. The van der Waals surface area contributed by atoms with E-state index in [4.69, 9.17) is 0 Å². The molecule has 5 nitrogen and oxygen atoms in total. The van der Waals surface area contributed by atoms with Crippen LogP contribution in [0.1, 0.15) is 48.5 Å². The van der Waals surface area contributed by atoms with E-state index in [2.05, 4.69) is 13.8 Å². The molecule has 0 radical (unpaired) electrons. The Labute approximate surface area is 172 Å². The van der Waals surface area contributed by atoms with Gasteiger partial charge in [-0.2, -0.15) is 4.31 Å². The van der Waals surface area contributed by atoms with Crippen LogP contribution in [0.5, 0.6) is 0 Å². The van der Waals surface area contributed by atoms with Crippen LogP contribution in [0.4, 0.5) is 4.39 Å². The van der Waals surface area contributed by atoms with E-state index in [1.54, 1.807) is 17.0 Å². The Bertz CT molecular complexity index is 943. The van der Waals surface area contributed by atoms with Crippen molar-refractivity contribution in [2.24, 2.45) is 0 Å². The maximum absolute atomic E-state index is 13.1. The highest BCUT2D eigenvalue weighted by atomic mass is 32.2. The molecule has 1 fully saturated rings. The van der Waals surface area contributed by atoms with Crippen LogP contribution in [-0.2, 0) is 10.0 Å². The van der Waals surface area contributed by atoms with Crippen molar-refractivity contribution in [3.05, 3.63) is 65.5 Å². The van der Waals surface area contributed by atoms with Crippen LogP contribution in [0.25, 0.3) is 0 Å². The monoisotopic (exact) mass is 418 g/mol. The molecule has 1 unspecified atom stereocenters. The molecule has 0 spiro atoms. The summed E-state index contributed by atoms with van der Waals surface area (Å²) in [4.78, 5) is 14.6. The second-order valence-electron chi connectivity index (χ2n) is 7.44. The van der Waals surface area contributed by atoms with Gasteiger partial charge in [0.25, 0.3) is 5.91 Å². The van der Waals surface area contributed by atoms with Gasteiger partial charge in [0.05, 0.1) is 4.90 Å². The van der Waals surface area contributed by atoms with Gasteiger partial charge in [-0.05, 0) is 60.7 Å². The number of nitrogens with zero attached hydrogens (tertiary/aromatic N) is 2. The van der Waals surface area contributed by atoms with E-state index in [-0.39, 0.29) is 17.3 Å². The lowest BCUT2D eigenvalue weighted by molar-refractivity contribution is 0.0764. The minimum atomic E-state index is -3.61. The predicted octanol–water partition coefficient (Wildman–Crippen LogP) is 3.88. The summed E-state index contributed by atoms with van der Waals surface area (Å²) in [6.45, 7) is 5.59. The van der Waals surface area contributed by atoms with E-state index in [9.17, 15) is 17.6 Å². The highest BCUT2D eigenvalue weighted by Crippen LogP contribution is 2.23. The van der Waals surface area contributed by atoms with Gasteiger partial charge >= 0.3 is 0 Å². The van der Waals surface area contributed by atoms with Gasteiger partial charge in [0.2, 0.25) is 10.0 Å². The van der Waals surface area contributed by atoms with Gasteiger partial charge in [0.15, 0.2) is 0 Å². The third kappa shape index (κ3) is 4.85. The summed E-state index contributed by atoms with van der Waals surface area (Å²) in [5.74, 6) is -0.216.